The third kappa shape index (κ3) is 2.85. The van der Waals surface area contributed by atoms with Gasteiger partial charge in [0.05, 0.1) is 5.92 Å². The van der Waals surface area contributed by atoms with Crippen LogP contribution < -0.4 is 9.47 Å². The molecule has 0 spiro atoms. The number of carbonyl (C=O) groups excluding carboxylic acids is 1. The second-order valence-corrected chi connectivity index (χ2v) is 5.14. The second kappa shape index (κ2) is 5.74. The van der Waals surface area contributed by atoms with E-state index in [0.717, 1.165) is 5.56 Å². The molecule has 1 aliphatic heterocycles. The van der Waals surface area contributed by atoms with Gasteiger partial charge in [0.15, 0.2) is 11.5 Å². The highest BCUT2D eigenvalue weighted by Gasteiger charge is 2.23. The Morgan fingerprint density at radius 2 is 1.95 bits per heavy atom. The molecule has 5 heteroatoms. The van der Waals surface area contributed by atoms with Crippen molar-refractivity contribution in [3.8, 4) is 11.5 Å². The number of hydrogen-bond acceptors (Lipinski definition) is 3. The average Bonchev–Trinajstić information content (AvgIpc) is 2.93. The summed E-state index contributed by atoms with van der Waals surface area (Å²) in [6.07, 6.45) is 0.305. The summed E-state index contributed by atoms with van der Waals surface area (Å²) in [6, 6.07) is 11.5. The maximum Gasteiger partial charge on any atom is 0.231 e. The lowest BCUT2D eigenvalue weighted by Gasteiger charge is -2.14. The first kappa shape index (κ1) is 13.9. The summed E-state index contributed by atoms with van der Waals surface area (Å²) in [5.74, 6) is 0.130. The first-order valence-corrected chi connectivity index (χ1v) is 6.85. The van der Waals surface area contributed by atoms with Gasteiger partial charge < -0.3 is 9.47 Å². The minimum Gasteiger partial charge on any atom is -0.454 e. The molecule has 3 nitrogen and oxygen atoms in total. The van der Waals surface area contributed by atoms with Gasteiger partial charge in [0, 0.05) is 0 Å². The molecule has 2 aromatic carbocycles. The smallest absolute Gasteiger partial charge is 0.231 e. The van der Waals surface area contributed by atoms with Crippen molar-refractivity contribution in [2.45, 2.75) is 12.3 Å². The third-order valence-corrected chi connectivity index (χ3v) is 3.69. The zero-order chi connectivity index (χ0) is 14.8. The Morgan fingerprint density at radius 1 is 1.19 bits per heavy atom. The van der Waals surface area contributed by atoms with Crippen LogP contribution in [-0.2, 0) is 11.2 Å². The van der Waals surface area contributed by atoms with Crippen molar-refractivity contribution in [1.29, 1.82) is 0 Å². The zero-order valence-corrected chi connectivity index (χ0v) is 11.8. The van der Waals surface area contributed by atoms with Crippen LogP contribution in [0.2, 0.25) is 0 Å². The van der Waals surface area contributed by atoms with Crippen LogP contribution in [0.1, 0.15) is 17.0 Å². The van der Waals surface area contributed by atoms with Gasteiger partial charge in [0.1, 0.15) is 5.82 Å². The molecule has 0 aromatic heterocycles. The highest BCUT2D eigenvalue weighted by molar-refractivity contribution is 6.64. The fourth-order valence-corrected chi connectivity index (χ4v) is 2.57. The molecule has 1 unspecified atom stereocenters. The molecule has 0 aliphatic carbocycles. The van der Waals surface area contributed by atoms with Crippen molar-refractivity contribution < 1.29 is 18.7 Å². The van der Waals surface area contributed by atoms with Crippen molar-refractivity contribution in [2.75, 3.05) is 6.79 Å². The number of fused-ring (bicyclic) bond motifs is 1. The fraction of sp³-hybridized carbons (Fsp3) is 0.188. The van der Waals surface area contributed by atoms with Crippen LogP contribution in [0.3, 0.4) is 0 Å². The van der Waals surface area contributed by atoms with E-state index in [1.54, 1.807) is 30.3 Å². The molecule has 2 aromatic rings. The summed E-state index contributed by atoms with van der Waals surface area (Å²) in [4.78, 5) is 11.7. The Labute approximate surface area is 126 Å². The van der Waals surface area contributed by atoms with Gasteiger partial charge in [-0.05, 0) is 47.3 Å². The number of carbonyl (C=O) groups is 1. The largest absolute Gasteiger partial charge is 0.454 e. The molecule has 0 saturated carbocycles. The second-order valence-electron chi connectivity index (χ2n) is 4.77. The predicted molar refractivity (Wildman–Crippen MR) is 76.3 cm³/mol. The molecule has 0 radical (unpaired) electrons. The van der Waals surface area contributed by atoms with E-state index >= 15 is 0 Å². The summed E-state index contributed by atoms with van der Waals surface area (Å²) in [6.45, 7) is 0.184. The number of benzene rings is 2. The first-order chi connectivity index (χ1) is 10.1. The lowest BCUT2D eigenvalue weighted by molar-refractivity contribution is -0.113. The van der Waals surface area contributed by atoms with E-state index in [2.05, 4.69) is 0 Å². The lowest BCUT2D eigenvalue weighted by Crippen LogP contribution is -2.12. The van der Waals surface area contributed by atoms with E-state index in [9.17, 15) is 9.18 Å². The third-order valence-electron chi connectivity index (χ3n) is 3.43. The molecule has 0 bridgehead atoms. The number of ether oxygens (including phenoxy) is 2. The predicted octanol–water partition coefficient (Wildman–Crippen LogP) is 3.65. The zero-order valence-electron chi connectivity index (χ0n) is 11.0. The van der Waals surface area contributed by atoms with Gasteiger partial charge in [-0.15, -0.1) is 0 Å². The first-order valence-electron chi connectivity index (χ1n) is 6.47. The molecule has 0 saturated heterocycles. The highest BCUT2D eigenvalue weighted by atomic mass is 35.5. The lowest BCUT2D eigenvalue weighted by atomic mass is 9.92. The minimum absolute atomic E-state index is 0.184. The van der Waals surface area contributed by atoms with Crippen molar-refractivity contribution in [3.05, 3.63) is 59.4 Å². The van der Waals surface area contributed by atoms with Crippen LogP contribution in [0.15, 0.2) is 42.5 Å². The Hall–Kier alpha value is -2.07. The number of rotatable bonds is 4. The maximum absolute atomic E-state index is 13.9. The van der Waals surface area contributed by atoms with Crippen molar-refractivity contribution in [3.63, 3.8) is 0 Å². The van der Waals surface area contributed by atoms with E-state index in [1.165, 1.54) is 6.07 Å². The van der Waals surface area contributed by atoms with Crippen LogP contribution in [0.4, 0.5) is 4.39 Å². The molecule has 1 heterocycles. The van der Waals surface area contributed by atoms with E-state index in [-0.39, 0.29) is 6.79 Å². The normalized spacial score (nSPS) is 14.0. The summed E-state index contributed by atoms with van der Waals surface area (Å²) in [5.41, 5.74) is 1.14. The Kier molecular flexibility index (Phi) is 3.80. The van der Waals surface area contributed by atoms with E-state index in [1.807, 2.05) is 6.07 Å². The summed E-state index contributed by atoms with van der Waals surface area (Å²) in [5, 5.41) is -0.585. The van der Waals surface area contributed by atoms with Gasteiger partial charge in [-0.25, -0.2) is 4.39 Å². The quantitative estimate of drug-likeness (QED) is 0.809. The van der Waals surface area contributed by atoms with Crippen LogP contribution in [-0.4, -0.2) is 12.0 Å². The van der Waals surface area contributed by atoms with Gasteiger partial charge in [-0.1, -0.05) is 24.3 Å². The average molecular weight is 307 g/mol. The molecule has 3 rings (SSSR count). The van der Waals surface area contributed by atoms with E-state index in [4.69, 9.17) is 21.1 Å². The van der Waals surface area contributed by atoms with Crippen LogP contribution >= 0.6 is 11.6 Å². The monoisotopic (exact) mass is 306 g/mol. The summed E-state index contributed by atoms with van der Waals surface area (Å²) < 4.78 is 24.4. The molecular formula is C16H12ClFO3. The highest BCUT2D eigenvalue weighted by Crippen LogP contribution is 2.34. The molecule has 0 N–H and O–H groups in total. The molecule has 21 heavy (non-hydrogen) atoms. The van der Waals surface area contributed by atoms with Crippen molar-refractivity contribution in [1.82, 2.24) is 0 Å². The minimum atomic E-state index is -0.728. The summed E-state index contributed by atoms with van der Waals surface area (Å²) >= 11 is 5.66. The van der Waals surface area contributed by atoms with Gasteiger partial charge in [-0.3, -0.25) is 4.79 Å². The SMILES string of the molecule is O=C(Cl)C(Cc1ccc2c(c1)OCO2)c1ccccc1F. The molecule has 0 fully saturated rings. The van der Waals surface area contributed by atoms with Crippen LogP contribution in [0.5, 0.6) is 11.5 Å². The van der Waals surface area contributed by atoms with Gasteiger partial charge in [0.2, 0.25) is 12.0 Å². The van der Waals surface area contributed by atoms with Gasteiger partial charge >= 0.3 is 0 Å². The maximum atomic E-state index is 13.9. The molecular weight excluding hydrogens is 295 g/mol. The van der Waals surface area contributed by atoms with Gasteiger partial charge in [-0.2, -0.15) is 0 Å². The van der Waals surface area contributed by atoms with Crippen LogP contribution in [0.25, 0.3) is 0 Å². The topological polar surface area (TPSA) is 35.5 Å². The van der Waals surface area contributed by atoms with Crippen molar-refractivity contribution >= 4 is 16.8 Å². The molecule has 0 amide bonds. The van der Waals surface area contributed by atoms with E-state index in [0.29, 0.717) is 23.5 Å². The Morgan fingerprint density at radius 3 is 2.71 bits per heavy atom. The molecule has 1 atom stereocenters. The standard InChI is InChI=1S/C16H12ClFO3/c17-16(19)12(11-3-1-2-4-13(11)18)7-10-5-6-14-15(8-10)21-9-20-14/h1-6,8,12H,7,9H2. The number of halogens is 2. The van der Waals surface area contributed by atoms with E-state index < -0.39 is 17.0 Å². The van der Waals surface area contributed by atoms with Gasteiger partial charge in [0.25, 0.3) is 0 Å². The van der Waals surface area contributed by atoms with Crippen molar-refractivity contribution in [2.24, 2.45) is 0 Å². The number of hydrogen-bond donors (Lipinski definition) is 0. The Bertz CT molecular complexity index is 687. The fourth-order valence-electron chi connectivity index (χ4n) is 2.37. The van der Waals surface area contributed by atoms with Crippen LogP contribution in [0, 0.1) is 5.82 Å². The molecule has 108 valence electrons. The molecule has 1 aliphatic rings. The Balaban J connectivity index is 1.90. The summed E-state index contributed by atoms with van der Waals surface area (Å²) in [7, 11) is 0.